The van der Waals surface area contributed by atoms with E-state index >= 15 is 0 Å². The largest absolute Gasteiger partial charge is 0.512 e. The highest BCUT2D eigenvalue weighted by Crippen LogP contribution is 2.31. The molecular formula is C17H17F3NO6S3+. The van der Waals surface area contributed by atoms with Gasteiger partial charge in [0.15, 0.2) is 11.5 Å². The molecule has 0 bridgehead atoms. The zero-order valence-electron chi connectivity index (χ0n) is 15.3. The molecule has 2 aromatic carbocycles. The molecule has 1 aliphatic heterocycles. The van der Waals surface area contributed by atoms with E-state index in [4.69, 9.17) is 0 Å². The molecular weight excluding hydrogens is 467 g/mol. The van der Waals surface area contributed by atoms with E-state index in [1.165, 1.54) is 18.2 Å². The maximum absolute atomic E-state index is 12.7. The van der Waals surface area contributed by atoms with Gasteiger partial charge in [0.05, 0.1) is 0 Å². The van der Waals surface area contributed by atoms with Gasteiger partial charge in [0.2, 0.25) is 5.78 Å². The Labute approximate surface area is 174 Å². The third-order valence-electron chi connectivity index (χ3n) is 4.35. The van der Waals surface area contributed by atoms with Crippen molar-refractivity contribution in [3.63, 3.8) is 0 Å². The number of rotatable bonds is 7. The van der Waals surface area contributed by atoms with Gasteiger partial charge >= 0.3 is 25.8 Å². The Hall–Kier alpha value is -1.83. The van der Waals surface area contributed by atoms with Crippen molar-refractivity contribution >= 4 is 47.8 Å². The van der Waals surface area contributed by atoms with Crippen LogP contribution in [0.15, 0.2) is 36.4 Å². The van der Waals surface area contributed by atoms with Crippen molar-refractivity contribution in [2.45, 2.75) is 18.3 Å². The Kier molecular flexibility index (Phi) is 6.37. The summed E-state index contributed by atoms with van der Waals surface area (Å²) in [5.41, 5.74) is -5.49. The normalized spacial score (nSPS) is 16.1. The van der Waals surface area contributed by atoms with Gasteiger partial charge in [-0.3, -0.25) is 4.79 Å². The van der Waals surface area contributed by atoms with Crippen LogP contribution in [-0.4, -0.2) is 45.4 Å². The van der Waals surface area contributed by atoms with Crippen molar-refractivity contribution in [2.24, 2.45) is 0 Å². The number of Topliss-reactive ketones (excluding diaryl/α,β-unsaturated/α-hetero) is 1. The second kappa shape index (κ2) is 8.36. The van der Waals surface area contributed by atoms with Crippen molar-refractivity contribution in [2.75, 3.05) is 17.3 Å². The number of nitrogens with one attached hydrogen (secondary N) is 1. The van der Waals surface area contributed by atoms with E-state index in [0.29, 0.717) is 20.8 Å². The summed E-state index contributed by atoms with van der Waals surface area (Å²) in [6.07, 6.45) is 2.16. The van der Waals surface area contributed by atoms with Gasteiger partial charge in [0.1, 0.15) is 11.5 Å². The third-order valence-corrected chi connectivity index (χ3v) is 9.46. The number of benzene rings is 2. The maximum Gasteiger partial charge on any atom is 0.512 e. The number of hydrogen-bond donors (Lipinski definition) is 1. The molecule has 0 radical (unpaired) electrons. The summed E-state index contributed by atoms with van der Waals surface area (Å²) in [6, 6.07) is 8.56. The molecule has 2 aromatic rings. The Bertz CT molecular complexity index is 1170. The Morgan fingerprint density at radius 1 is 1.00 bits per heavy atom. The summed E-state index contributed by atoms with van der Waals surface area (Å²) in [5.74, 6) is 1.82. The molecule has 0 spiro atoms. The van der Waals surface area contributed by atoms with E-state index in [1.54, 1.807) is 12.1 Å². The quantitative estimate of drug-likeness (QED) is 0.478. The van der Waals surface area contributed by atoms with Crippen molar-refractivity contribution < 1.29 is 39.0 Å². The standard InChI is InChI=1S/C17H17F3NO6S3/c18-17(19,20)29(23,24)21-30(25,26)27-16-8-7-13(12-5-1-2-6-14(12)16)15(22)11-28-9-3-4-10-28/h1-2,5-8,21H,3-4,9-11H2/q+1. The highest BCUT2D eigenvalue weighted by Gasteiger charge is 2.49. The van der Waals surface area contributed by atoms with Gasteiger partial charge < -0.3 is 4.18 Å². The number of carbonyl (C=O) groups is 1. The van der Waals surface area contributed by atoms with Crippen LogP contribution < -0.4 is 8.31 Å². The van der Waals surface area contributed by atoms with Crippen LogP contribution in [0, 0.1) is 0 Å². The highest BCUT2D eigenvalue weighted by atomic mass is 32.3. The number of fused-ring (bicyclic) bond motifs is 1. The van der Waals surface area contributed by atoms with E-state index in [9.17, 15) is 34.8 Å². The molecule has 0 aliphatic carbocycles. The minimum Gasteiger partial charge on any atom is -0.370 e. The van der Waals surface area contributed by atoms with E-state index in [0.717, 1.165) is 30.4 Å². The molecule has 1 fully saturated rings. The molecule has 13 heteroatoms. The lowest BCUT2D eigenvalue weighted by Gasteiger charge is -2.13. The van der Waals surface area contributed by atoms with Crippen LogP contribution >= 0.6 is 0 Å². The van der Waals surface area contributed by atoms with Crippen LogP contribution in [0.3, 0.4) is 0 Å². The fraction of sp³-hybridized carbons (Fsp3) is 0.353. The van der Waals surface area contributed by atoms with Crippen LogP contribution in [0.5, 0.6) is 5.75 Å². The lowest BCUT2D eigenvalue weighted by Crippen LogP contribution is -2.42. The van der Waals surface area contributed by atoms with Crippen molar-refractivity contribution in [3.8, 4) is 5.75 Å². The smallest absolute Gasteiger partial charge is 0.370 e. The number of ketones is 1. The summed E-state index contributed by atoms with van der Waals surface area (Å²) < 4.78 is 88.4. The number of carbonyl (C=O) groups excluding carboxylic acids is 1. The minimum atomic E-state index is -6.18. The van der Waals surface area contributed by atoms with Crippen LogP contribution in [0.1, 0.15) is 23.2 Å². The second-order valence-corrected chi connectivity index (χ2v) is 12.1. The number of hydrogen-bond acceptors (Lipinski definition) is 6. The number of halogens is 3. The summed E-state index contributed by atoms with van der Waals surface area (Å²) in [5, 5.41) is 0.504. The molecule has 1 aliphatic rings. The molecule has 1 N–H and O–H groups in total. The molecule has 164 valence electrons. The monoisotopic (exact) mass is 484 g/mol. The first kappa shape index (κ1) is 22.8. The Balaban J connectivity index is 1.92. The lowest BCUT2D eigenvalue weighted by molar-refractivity contribution is -0.0442. The van der Waals surface area contributed by atoms with Crippen LogP contribution in [-0.2, 0) is 31.2 Å². The average Bonchev–Trinajstić information content (AvgIpc) is 3.12. The first-order chi connectivity index (χ1) is 13.9. The van der Waals surface area contributed by atoms with Crippen molar-refractivity contribution in [1.82, 2.24) is 4.13 Å². The SMILES string of the molecule is O=C(C[S+]1CCCC1)c1ccc(OS(=O)(=O)NS(=O)(=O)C(F)(F)F)c2ccccc12. The summed E-state index contributed by atoms with van der Waals surface area (Å²) in [4.78, 5) is 12.7. The topological polar surface area (TPSA) is 107 Å². The van der Waals surface area contributed by atoms with E-state index in [-0.39, 0.29) is 22.1 Å². The molecule has 7 nitrogen and oxygen atoms in total. The molecule has 0 aromatic heterocycles. The molecule has 1 heterocycles. The van der Waals surface area contributed by atoms with Gasteiger partial charge in [-0.05, 0) is 41.3 Å². The zero-order chi connectivity index (χ0) is 22.2. The van der Waals surface area contributed by atoms with Gasteiger partial charge in [-0.2, -0.15) is 21.6 Å². The van der Waals surface area contributed by atoms with Crippen molar-refractivity contribution in [3.05, 3.63) is 42.0 Å². The van der Waals surface area contributed by atoms with Gasteiger partial charge in [-0.1, -0.05) is 28.4 Å². The Morgan fingerprint density at radius 3 is 2.20 bits per heavy atom. The second-order valence-electron chi connectivity index (χ2n) is 6.52. The first-order valence-corrected chi connectivity index (χ1v) is 13.3. The van der Waals surface area contributed by atoms with Crippen LogP contribution in [0.4, 0.5) is 13.2 Å². The van der Waals surface area contributed by atoms with Gasteiger partial charge in [-0.25, -0.2) is 8.42 Å². The molecule has 0 saturated carbocycles. The molecule has 0 atom stereocenters. The van der Waals surface area contributed by atoms with Crippen LogP contribution in [0.2, 0.25) is 0 Å². The lowest BCUT2D eigenvalue weighted by atomic mass is 10.0. The molecule has 0 unspecified atom stereocenters. The summed E-state index contributed by atoms with van der Waals surface area (Å²) >= 11 is 0. The number of sulfonamides is 1. The molecule has 0 amide bonds. The zero-order valence-corrected chi connectivity index (χ0v) is 17.8. The molecule has 30 heavy (non-hydrogen) atoms. The highest BCUT2D eigenvalue weighted by molar-refractivity contribution is 8.03. The molecule has 3 rings (SSSR count). The number of alkyl halides is 3. The fourth-order valence-electron chi connectivity index (χ4n) is 3.03. The third kappa shape index (κ3) is 5.07. The molecule has 1 saturated heterocycles. The first-order valence-electron chi connectivity index (χ1n) is 8.63. The predicted molar refractivity (Wildman–Crippen MR) is 107 cm³/mol. The summed E-state index contributed by atoms with van der Waals surface area (Å²) in [6.45, 7) is 0. The summed E-state index contributed by atoms with van der Waals surface area (Å²) in [7, 11) is -11.5. The van der Waals surface area contributed by atoms with E-state index in [2.05, 4.69) is 4.18 Å². The van der Waals surface area contributed by atoms with Crippen molar-refractivity contribution in [1.29, 1.82) is 0 Å². The Morgan fingerprint density at radius 2 is 1.60 bits per heavy atom. The van der Waals surface area contributed by atoms with E-state index in [1.807, 2.05) is 0 Å². The predicted octanol–water partition coefficient (Wildman–Crippen LogP) is 2.50. The fourth-order valence-corrected chi connectivity index (χ4v) is 7.24. The van der Waals surface area contributed by atoms with Crippen LogP contribution in [0.25, 0.3) is 10.8 Å². The van der Waals surface area contributed by atoms with E-state index < -0.39 is 31.6 Å². The maximum atomic E-state index is 12.7. The van der Waals surface area contributed by atoms with Gasteiger partial charge in [-0.15, -0.1) is 0 Å². The minimum absolute atomic E-state index is 0.00191. The van der Waals surface area contributed by atoms with Gasteiger partial charge in [0.25, 0.3) is 0 Å². The van der Waals surface area contributed by atoms with Gasteiger partial charge in [0, 0.05) is 10.9 Å². The average molecular weight is 485 g/mol.